The van der Waals surface area contributed by atoms with Crippen molar-refractivity contribution in [3.05, 3.63) is 71.9 Å². The van der Waals surface area contributed by atoms with Gasteiger partial charge in [0.1, 0.15) is 5.75 Å². The molecule has 156 valence electrons. The summed E-state index contributed by atoms with van der Waals surface area (Å²) in [6.07, 6.45) is 4.44. The van der Waals surface area contributed by atoms with Crippen LogP contribution in [-0.4, -0.2) is 32.6 Å². The molecule has 1 heterocycles. The van der Waals surface area contributed by atoms with Gasteiger partial charge in [-0.05, 0) is 48.0 Å². The van der Waals surface area contributed by atoms with E-state index in [9.17, 15) is 9.36 Å². The molecule has 0 saturated carbocycles. The second-order valence-corrected chi connectivity index (χ2v) is 8.29. The summed E-state index contributed by atoms with van der Waals surface area (Å²) in [5, 5.41) is 6.99. The molecule has 0 atom stereocenters. The van der Waals surface area contributed by atoms with E-state index in [1.54, 1.807) is 48.3 Å². The second-order valence-electron chi connectivity index (χ2n) is 6.64. The molecule has 0 aliphatic heterocycles. The number of carbonyl (C=O) groups excluding carboxylic acids is 1. The van der Waals surface area contributed by atoms with Gasteiger partial charge in [-0.15, -0.1) is 0 Å². The Balaban J connectivity index is 1.70. The van der Waals surface area contributed by atoms with Crippen molar-refractivity contribution >= 4 is 25.3 Å². The van der Waals surface area contributed by atoms with Gasteiger partial charge in [0.2, 0.25) is 5.91 Å². The second kappa shape index (κ2) is 9.09. The van der Waals surface area contributed by atoms with Gasteiger partial charge in [-0.25, -0.2) is 0 Å². The van der Waals surface area contributed by atoms with Crippen LogP contribution >= 0.6 is 7.60 Å². The van der Waals surface area contributed by atoms with Gasteiger partial charge >= 0.3 is 7.60 Å². The van der Waals surface area contributed by atoms with Crippen LogP contribution < -0.4 is 10.1 Å². The molecule has 0 unspecified atom stereocenters. The number of amides is 1. The number of ether oxygens (including phenoxy) is 1. The minimum Gasteiger partial charge on any atom is -0.497 e. The average Bonchev–Trinajstić information content (AvgIpc) is 3.07. The van der Waals surface area contributed by atoms with Crippen molar-refractivity contribution in [3.8, 4) is 17.0 Å². The van der Waals surface area contributed by atoms with Crippen LogP contribution in [0, 0.1) is 0 Å². The fraction of sp³-hybridized carbons (Fsp3) is 0.143. The topological polar surface area (TPSA) is 114 Å². The molecule has 2 aromatic carbocycles. The summed E-state index contributed by atoms with van der Waals surface area (Å²) < 4.78 is 18.0. The first kappa shape index (κ1) is 21.5. The molecule has 1 amide bonds. The van der Waals surface area contributed by atoms with Crippen LogP contribution in [0.25, 0.3) is 17.3 Å². The molecule has 0 spiro atoms. The third-order valence-corrected chi connectivity index (χ3v) is 5.13. The van der Waals surface area contributed by atoms with Gasteiger partial charge in [0.15, 0.2) is 0 Å². The first-order valence-corrected chi connectivity index (χ1v) is 10.8. The highest BCUT2D eigenvalue weighted by Crippen LogP contribution is 2.39. The van der Waals surface area contributed by atoms with Crippen LogP contribution in [-0.2, 0) is 22.6 Å². The van der Waals surface area contributed by atoms with Gasteiger partial charge in [-0.2, -0.15) is 5.10 Å². The van der Waals surface area contributed by atoms with E-state index in [4.69, 9.17) is 14.5 Å². The Hall–Kier alpha value is -3.19. The lowest BCUT2D eigenvalue weighted by Crippen LogP contribution is -2.07. The van der Waals surface area contributed by atoms with E-state index in [2.05, 4.69) is 10.4 Å². The number of anilines is 1. The van der Waals surface area contributed by atoms with Crippen LogP contribution in [0.4, 0.5) is 5.69 Å². The molecule has 0 aliphatic carbocycles. The zero-order valence-electron chi connectivity index (χ0n) is 16.5. The molecule has 8 nitrogen and oxygen atoms in total. The first-order valence-electron chi connectivity index (χ1n) is 9.04. The summed E-state index contributed by atoms with van der Waals surface area (Å²) in [6, 6.07) is 13.9. The Morgan fingerprint density at radius 1 is 1.17 bits per heavy atom. The zero-order valence-corrected chi connectivity index (χ0v) is 17.4. The number of benzene rings is 2. The fourth-order valence-corrected chi connectivity index (χ4v) is 3.65. The molecular formula is C21H22N3O5P. The SMILES string of the molecule is COc1ccc(-c2c(C=CC(=O)Nc3ccc(CP(=O)(O)O)cc3)cnn2C)cc1. The number of nitrogens with zero attached hydrogens (tertiary/aromatic N) is 2. The van der Waals surface area contributed by atoms with E-state index in [0.29, 0.717) is 11.3 Å². The van der Waals surface area contributed by atoms with Crippen LogP contribution in [0.1, 0.15) is 11.1 Å². The summed E-state index contributed by atoms with van der Waals surface area (Å²) in [6.45, 7) is 0. The van der Waals surface area contributed by atoms with E-state index in [-0.39, 0.29) is 12.1 Å². The number of hydrogen-bond acceptors (Lipinski definition) is 4. The molecule has 30 heavy (non-hydrogen) atoms. The van der Waals surface area contributed by atoms with Crippen LogP contribution in [0.2, 0.25) is 0 Å². The maximum atomic E-state index is 12.3. The number of rotatable bonds is 7. The number of nitrogens with one attached hydrogen (secondary N) is 1. The van der Waals surface area contributed by atoms with E-state index < -0.39 is 7.60 Å². The predicted molar refractivity (Wildman–Crippen MR) is 115 cm³/mol. The Morgan fingerprint density at radius 3 is 2.43 bits per heavy atom. The summed E-state index contributed by atoms with van der Waals surface area (Å²) in [5.74, 6) is 0.423. The van der Waals surface area contributed by atoms with Crippen molar-refractivity contribution in [1.82, 2.24) is 9.78 Å². The molecule has 0 bridgehead atoms. The summed E-state index contributed by atoms with van der Waals surface area (Å²) in [4.78, 5) is 30.3. The first-order chi connectivity index (χ1) is 14.2. The average molecular weight is 427 g/mol. The van der Waals surface area contributed by atoms with Crippen molar-refractivity contribution in [1.29, 1.82) is 0 Å². The molecule has 0 saturated heterocycles. The Morgan fingerprint density at radius 2 is 1.83 bits per heavy atom. The summed E-state index contributed by atoms with van der Waals surface area (Å²) >= 11 is 0. The van der Waals surface area contributed by atoms with Gasteiger partial charge in [0.25, 0.3) is 0 Å². The molecule has 1 aromatic heterocycles. The lowest BCUT2D eigenvalue weighted by Gasteiger charge is -2.07. The quantitative estimate of drug-likeness (QED) is 0.393. The van der Waals surface area contributed by atoms with Crippen molar-refractivity contribution in [2.75, 3.05) is 12.4 Å². The van der Waals surface area contributed by atoms with E-state index in [1.165, 1.54) is 6.08 Å². The molecule has 0 aliphatic rings. The molecular weight excluding hydrogens is 405 g/mol. The molecule has 3 aromatic rings. The monoisotopic (exact) mass is 427 g/mol. The standard InChI is InChI=1S/C21H22N3O5P/c1-24-21(16-5-10-19(29-2)11-6-16)17(13-22-24)7-12-20(25)23-18-8-3-15(4-9-18)14-30(26,27)28/h3-13H,14H2,1-2H3,(H,23,25)(H2,26,27,28). The Bertz CT molecular complexity index is 1100. The predicted octanol–water partition coefficient (Wildman–Crippen LogP) is 3.43. The van der Waals surface area contributed by atoms with Crippen LogP contribution in [0.15, 0.2) is 60.8 Å². The molecule has 0 fully saturated rings. The lowest BCUT2D eigenvalue weighted by molar-refractivity contribution is -0.111. The van der Waals surface area contributed by atoms with Crippen LogP contribution in [0.3, 0.4) is 0 Å². The molecule has 3 rings (SSSR count). The van der Waals surface area contributed by atoms with Crippen molar-refractivity contribution < 1.29 is 23.9 Å². The number of methoxy groups -OCH3 is 1. The molecule has 9 heteroatoms. The van der Waals surface area contributed by atoms with Gasteiger partial charge in [0, 0.05) is 29.9 Å². The van der Waals surface area contributed by atoms with Gasteiger partial charge in [-0.3, -0.25) is 14.0 Å². The number of hydrogen-bond donors (Lipinski definition) is 3. The number of carbonyl (C=O) groups is 1. The Labute approximate surface area is 174 Å². The normalized spacial score (nSPS) is 11.6. The minimum absolute atomic E-state index is 0.331. The van der Waals surface area contributed by atoms with Gasteiger partial charge < -0.3 is 19.8 Å². The minimum atomic E-state index is -4.12. The van der Waals surface area contributed by atoms with Gasteiger partial charge in [0.05, 0.1) is 25.2 Å². The van der Waals surface area contributed by atoms with E-state index in [0.717, 1.165) is 22.6 Å². The highest BCUT2D eigenvalue weighted by Gasteiger charge is 2.14. The van der Waals surface area contributed by atoms with Crippen molar-refractivity contribution in [2.45, 2.75) is 6.16 Å². The number of aromatic nitrogens is 2. The fourth-order valence-electron chi connectivity index (χ4n) is 2.96. The molecule has 0 radical (unpaired) electrons. The maximum Gasteiger partial charge on any atom is 0.329 e. The third-order valence-electron chi connectivity index (χ3n) is 4.35. The third kappa shape index (κ3) is 5.67. The lowest BCUT2D eigenvalue weighted by atomic mass is 10.1. The number of aryl methyl sites for hydroxylation is 1. The smallest absolute Gasteiger partial charge is 0.329 e. The molecule has 3 N–H and O–H groups in total. The maximum absolute atomic E-state index is 12.3. The highest BCUT2D eigenvalue weighted by molar-refractivity contribution is 7.50. The summed E-state index contributed by atoms with van der Waals surface area (Å²) in [7, 11) is -0.684. The highest BCUT2D eigenvalue weighted by atomic mass is 31.2. The van der Waals surface area contributed by atoms with Crippen molar-refractivity contribution in [2.24, 2.45) is 7.05 Å². The van der Waals surface area contributed by atoms with E-state index in [1.807, 2.05) is 31.3 Å². The van der Waals surface area contributed by atoms with E-state index >= 15 is 0 Å². The summed E-state index contributed by atoms with van der Waals surface area (Å²) in [5.41, 5.74) is 3.62. The van der Waals surface area contributed by atoms with Crippen LogP contribution in [0.5, 0.6) is 5.75 Å². The largest absolute Gasteiger partial charge is 0.497 e. The Kier molecular flexibility index (Phi) is 6.52. The zero-order chi connectivity index (χ0) is 21.7. The van der Waals surface area contributed by atoms with Crippen molar-refractivity contribution in [3.63, 3.8) is 0 Å². The van der Waals surface area contributed by atoms with Gasteiger partial charge in [-0.1, -0.05) is 12.1 Å².